The zero-order valence-corrected chi connectivity index (χ0v) is 14.8. The fourth-order valence-corrected chi connectivity index (χ4v) is 3.01. The summed E-state index contributed by atoms with van der Waals surface area (Å²) in [5.74, 6) is 2.66. The summed E-state index contributed by atoms with van der Waals surface area (Å²) in [6, 6.07) is 16.8. The second-order valence-corrected chi connectivity index (χ2v) is 6.45. The molecule has 0 aliphatic rings. The lowest BCUT2D eigenvalue weighted by Gasteiger charge is -2.11. The molecule has 3 heteroatoms. The van der Waals surface area contributed by atoms with Crippen LogP contribution >= 0.6 is 0 Å². The molecule has 0 spiro atoms. The maximum Gasteiger partial charge on any atom is 0.119 e. The number of imidazole rings is 1. The van der Waals surface area contributed by atoms with Crippen LogP contribution in [0.15, 0.2) is 48.5 Å². The Kier molecular flexibility index (Phi) is 5.19. The highest BCUT2D eigenvalue weighted by Gasteiger charge is 2.08. The van der Waals surface area contributed by atoms with Crippen molar-refractivity contribution < 1.29 is 4.74 Å². The van der Waals surface area contributed by atoms with E-state index in [2.05, 4.69) is 67.8 Å². The van der Waals surface area contributed by atoms with E-state index >= 15 is 0 Å². The van der Waals surface area contributed by atoms with Gasteiger partial charge in [-0.3, -0.25) is 0 Å². The Labute approximate surface area is 144 Å². The number of hydrogen-bond donors (Lipinski definition) is 0. The molecule has 24 heavy (non-hydrogen) atoms. The van der Waals surface area contributed by atoms with Gasteiger partial charge in [-0.25, -0.2) is 4.98 Å². The Hall–Kier alpha value is -2.29. The Bertz CT molecular complexity index is 787. The number of aryl methyl sites for hydroxylation is 2. The topological polar surface area (TPSA) is 27.1 Å². The van der Waals surface area contributed by atoms with Gasteiger partial charge in [-0.2, -0.15) is 0 Å². The van der Waals surface area contributed by atoms with Crippen molar-refractivity contribution >= 4 is 11.0 Å². The lowest BCUT2D eigenvalue weighted by atomic mass is 10.0. The first-order chi connectivity index (χ1) is 11.7. The van der Waals surface area contributed by atoms with Crippen LogP contribution in [-0.2, 0) is 13.0 Å². The van der Waals surface area contributed by atoms with Crippen LogP contribution in [0.3, 0.4) is 0 Å². The summed E-state index contributed by atoms with van der Waals surface area (Å²) in [4.78, 5) is 4.72. The summed E-state index contributed by atoms with van der Waals surface area (Å²) in [6.07, 6.45) is 1.92. The van der Waals surface area contributed by atoms with E-state index in [0.29, 0.717) is 5.92 Å². The van der Waals surface area contributed by atoms with Crippen LogP contribution < -0.4 is 4.74 Å². The molecule has 126 valence electrons. The van der Waals surface area contributed by atoms with Gasteiger partial charge in [-0.05, 0) is 42.2 Å². The fourth-order valence-electron chi connectivity index (χ4n) is 3.01. The van der Waals surface area contributed by atoms with E-state index < -0.39 is 0 Å². The first-order valence-electron chi connectivity index (χ1n) is 8.86. The molecule has 1 heterocycles. The SMILES string of the molecule is CCc1nc2ccccc2n1CCCOc1ccc(C(C)C)cc1. The quantitative estimate of drug-likeness (QED) is 0.560. The number of hydrogen-bond acceptors (Lipinski definition) is 2. The van der Waals surface area contributed by atoms with Crippen molar-refractivity contribution in [3.05, 3.63) is 59.9 Å². The molecular formula is C21H26N2O. The van der Waals surface area contributed by atoms with Crippen molar-refractivity contribution in [2.24, 2.45) is 0 Å². The molecule has 0 aliphatic carbocycles. The number of fused-ring (bicyclic) bond motifs is 1. The summed E-state index contributed by atoms with van der Waals surface area (Å²) >= 11 is 0. The predicted octanol–water partition coefficient (Wildman–Crippen LogP) is 5.19. The van der Waals surface area contributed by atoms with Crippen LogP contribution in [0.4, 0.5) is 0 Å². The number of nitrogens with zero attached hydrogens (tertiary/aromatic N) is 2. The Balaban J connectivity index is 1.59. The highest BCUT2D eigenvalue weighted by molar-refractivity contribution is 5.75. The molecule has 0 saturated carbocycles. The molecule has 0 fully saturated rings. The molecule has 3 aromatic rings. The van der Waals surface area contributed by atoms with E-state index in [1.807, 2.05) is 6.07 Å². The first-order valence-corrected chi connectivity index (χ1v) is 8.86. The minimum atomic E-state index is 0.557. The largest absolute Gasteiger partial charge is 0.494 e. The van der Waals surface area contributed by atoms with E-state index in [1.165, 1.54) is 11.1 Å². The molecule has 0 bridgehead atoms. The van der Waals surface area contributed by atoms with Crippen LogP contribution in [0.5, 0.6) is 5.75 Å². The number of para-hydroxylation sites is 2. The zero-order chi connectivity index (χ0) is 16.9. The maximum atomic E-state index is 5.89. The monoisotopic (exact) mass is 322 g/mol. The van der Waals surface area contributed by atoms with E-state index in [1.54, 1.807) is 0 Å². The molecule has 0 N–H and O–H groups in total. The summed E-state index contributed by atoms with van der Waals surface area (Å²) in [5, 5.41) is 0. The van der Waals surface area contributed by atoms with E-state index in [4.69, 9.17) is 9.72 Å². The molecule has 1 aromatic heterocycles. The average molecular weight is 322 g/mol. The number of rotatable bonds is 7. The minimum Gasteiger partial charge on any atom is -0.494 e. The smallest absolute Gasteiger partial charge is 0.119 e. The van der Waals surface area contributed by atoms with Crippen molar-refractivity contribution in [1.29, 1.82) is 0 Å². The molecule has 0 amide bonds. The summed E-state index contributed by atoms with van der Waals surface area (Å²) < 4.78 is 8.21. The third kappa shape index (κ3) is 3.61. The van der Waals surface area contributed by atoms with Gasteiger partial charge in [0.05, 0.1) is 17.6 Å². The van der Waals surface area contributed by atoms with Gasteiger partial charge in [0.1, 0.15) is 11.6 Å². The van der Waals surface area contributed by atoms with Crippen LogP contribution in [-0.4, -0.2) is 16.2 Å². The maximum absolute atomic E-state index is 5.89. The Morgan fingerprint density at radius 1 is 1.04 bits per heavy atom. The van der Waals surface area contributed by atoms with Gasteiger partial charge in [0.15, 0.2) is 0 Å². The van der Waals surface area contributed by atoms with Crippen LogP contribution in [0, 0.1) is 0 Å². The Morgan fingerprint density at radius 3 is 2.50 bits per heavy atom. The summed E-state index contributed by atoms with van der Waals surface area (Å²) in [6.45, 7) is 8.22. The lowest BCUT2D eigenvalue weighted by molar-refractivity contribution is 0.301. The van der Waals surface area contributed by atoms with Crippen molar-refractivity contribution in [3.8, 4) is 5.75 Å². The van der Waals surface area contributed by atoms with E-state index in [0.717, 1.165) is 43.1 Å². The van der Waals surface area contributed by atoms with Gasteiger partial charge in [0, 0.05) is 13.0 Å². The van der Waals surface area contributed by atoms with Gasteiger partial charge >= 0.3 is 0 Å². The van der Waals surface area contributed by atoms with Gasteiger partial charge in [0.2, 0.25) is 0 Å². The van der Waals surface area contributed by atoms with Crippen molar-refractivity contribution in [2.45, 2.75) is 46.1 Å². The van der Waals surface area contributed by atoms with Crippen LogP contribution in [0.1, 0.15) is 44.5 Å². The zero-order valence-electron chi connectivity index (χ0n) is 14.8. The third-order valence-electron chi connectivity index (χ3n) is 4.39. The van der Waals surface area contributed by atoms with Crippen LogP contribution in [0.2, 0.25) is 0 Å². The first kappa shape index (κ1) is 16.6. The fraction of sp³-hybridized carbons (Fsp3) is 0.381. The van der Waals surface area contributed by atoms with Gasteiger partial charge in [-0.1, -0.05) is 45.0 Å². The number of aromatic nitrogens is 2. The third-order valence-corrected chi connectivity index (χ3v) is 4.39. The standard InChI is InChI=1S/C21H26N2O/c1-4-21-22-19-8-5-6-9-20(19)23(21)14-7-15-24-18-12-10-17(11-13-18)16(2)3/h5-6,8-13,16H,4,7,14-15H2,1-3H3. The van der Waals surface area contributed by atoms with Crippen LogP contribution in [0.25, 0.3) is 11.0 Å². The predicted molar refractivity (Wildman–Crippen MR) is 99.8 cm³/mol. The number of ether oxygens (including phenoxy) is 1. The second kappa shape index (κ2) is 7.52. The van der Waals surface area contributed by atoms with Crippen molar-refractivity contribution in [2.75, 3.05) is 6.61 Å². The van der Waals surface area contributed by atoms with Crippen molar-refractivity contribution in [1.82, 2.24) is 9.55 Å². The highest BCUT2D eigenvalue weighted by atomic mass is 16.5. The molecule has 2 aromatic carbocycles. The summed E-state index contributed by atoms with van der Waals surface area (Å²) in [5.41, 5.74) is 3.65. The molecule has 0 unspecified atom stereocenters. The molecule has 0 radical (unpaired) electrons. The molecule has 3 nitrogen and oxygen atoms in total. The van der Waals surface area contributed by atoms with Gasteiger partial charge < -0.3 is 9.30 Å². The summed E-state index contributed by atoms with van der Waals surface area (Å²) in [7, 11) is 0. The van der Waals surface area contributed by atoms with E-state index in [9.17, 15) is 0 Å². The highest BCUT2D eigenvalue weighted by Crippen LogP contribution is 2.19. The molecule has 3 rings (SSSR count). The molecule has 0 aliphatic heterocycles. The molecule has 0 atom stereocenters. The molecular weight excluding hydrogens is 296 g/mol. The second-order valence-electron chi connectivity index (χ2n) is 6.45. The Morgan fingerprint density at radius 2 is 1.79 bits per heavy atom. The molecule has 0 saturated heterocycles. The van der Waals surface area contributed by atoms with Crippen molar-refractivity contribution in [3.63, 3.8) is 0 Å². The normalized spacial score (nSPS) is 11.3. The van der Waals surface area contributed by atoms with Gasteiger partial charge in [-0.15, -0.1) is 0 Å². The van der Waals surface area contributed by atoms with Gasteiger partial charge in [0.25, 0.3) is 0 Å². The average Bonchev–Trinajstić information content (AvgIpc) is 2.97. The lowest BCUT2D eigenvalue weighted by Crippen LogP contribution is -2.07. The van der Waals surface area contributed by atoms with E-state index in [-0.39, 0.29) is 0 Å². The number of benzene rings is 2. The minimum absolute atomic E-state index is 0.557.